The number of carbonyl (C=O) groups excluding carboxylic acids is 4. The monoisotopic (exact) mass is 1170 g/mol. The molecular weight excluding hydrogens is 1060 g/mol. The highest BCUT2D eigenvalue weighted by atomic mass is 32.2. The molecule has 19 nitrogen and oxygen atoms in total. The molecule has 0 fully saturated rings. The SMILES string of the molecule is C.CC(C)(C)COCC(CO)OCC(O)COCC(CCOC(=O)CCCCSCCC(=O)NCCNCCNC(=O)CCSCCCCC(=O)OCCC(COCC(O)COC(CO)COC(C)(C)C)C(C)(C)C)C(C)(C)C. The van der Waals surface area contributed by atoms with Crippen LogP contribution in [0.4, 0.5) is 0 Å². The summed E-state index contributed by atoms with van der Waals surface area (Å²) in [6, 6.07) is 0. The number of hydrogen-bond acceptors (Lipinski definition) is 19. The predicted molar refractivity (Wildman–Crippen MR) is 318 cm³/mol. The minimum atomic E-state index is -0.849. The largest absolute Gasteiger partial charge is 0.466 e. The van der Waals surface area contributed by atoms with Crippen LogP contribution in [0.2, 0.25) is 0 Å². The van der Waals surface area contributed by atoms with Gasteiger partial charge in [0.2, 0.25) is 11.8 Å². The smallest absolute Gasteiger partial charge is 0.305 e. The lowest BCUT2D eigenvalue weighted by atomic mass is 9.79. The molecule has 6 unspecified atom stereocenters. The first kappa shape index (κ1) is 79.2. The second kappa shape index (κ2) is 46.5. The minimum absolute atomic E-state index is 0. The van der Waals surface area contributed by atoms with Crippen molar-refractivity contribution in [3.63, 3.8) is 0 Å². The van der Waals surface area contributed by atoms with E-state index in [1.54, 1.807) is 23.5 Å². The van der Waals surface area contributed by atoms with Crippen LogP contribution in [0.5, 0.6) is 0 Å². The van der Waals surface area contributed by atoms with E-state index in [4.69, 9.17) is 37.9 Å². The van der Waals surface area contributed by atoms with E-state index in [1.165, 1.54) is 0 Å². The molecule has 470 valence electrons. The van der Waals surface area contributed by atoms with Crippen LogP contribution in [0.3, 0.4) is 0 Å². The zero-order chi connectivity index (χ0) is 58.9. The number of thioether (sulfide) groups is 2. The quantitative estimate of drug-likeness (QED) is 0.0250. The van der Waals surface area contributed by atoms with E-state index in [9.17, 15) is 39.6 Å². The maximum atomic E-state index is 12.4. The van der Waals surface area contributed by atoms with Crippen molar-refractivity contribution >= 4 is 47.3 Å². The fourth-order valence-electron chi connectivity index (χ4n) is 7.10. The lowest BCUT2D eigenvalue weighted by molar-refractivity contribution is -0.145. The van der Waals surface area contributed by atoms with Gasteiger partial charge in [0, 0.05) is 63.4 Å². The predicted octanol–water partition coefficient (Wildman–Crippen LogP) is 6.61. The Balaban J connectivity index is 0. The second-order valence-corrected chi connectivity index (χ2v) is 26.8. The van der Waals surface area contributed by atoms with Crippen LogP contribution >= 0.6 is 23.5 Å². The molecule has 0 aliphatic carbocycles. The van der Waals surface area contributed by atoms with Gasteiger partial charge in [0.25, 0.3) is 0 Å². The van der Waals surface area contributed by atoms with Crippen molar-refractivity contribution in [2.45, 2.75) is 185 Å². The highest BCUT2D eigenvalue weighted by molar-refractivity contribution is 7.99. The fraction of sp³-hybridized carbons (Fsp3) is 0.931. The molecule has 21 heteroatoms. The molecule has 2 amide bonds. The van der Waals surface area contributed by atoms with Gasteiger partial charge in [-0.3, -0.25) is 19.2 Å². The van der Waals surface area contributed by atoms with E-state index in [0.29, 0.717) is 122 Å². The summed E-state index contributed by atoms with van der Waals surface area (Å²) in [6.07, 6.45) is 3.19. The Hall–Kier alpha value is -1.86. The highest BCUT2D eigenvalue weighted by Crippen LogP contribution is 2.30. The third kappa shape index (κ3) is 50.4. The first-order valence-electron chi connectivity index (χ1n) is 28.5. The normalized spacial score (nSPS) is 14.6. The lowest BCUT2D eigenvalue weighted by Crippen LogP contribution is -2.36. The van der Waals surface area contributed by atoms with Gasteiger partial charge in [-0.15, -0.1) is 0 Å². The van der Waals surface area contributed by atoms with Crippen molar-refractivity contribution in [3.05, 3.63) is 0 Å². The number of nitrogens with one attached hydrogen (secondary N) is 3. The minimum Gasteiger partial charge on any atom is -0.466 e. The summed E-state index contributed by atoms with van der Waals surface area (Å²) in [7, 11) is 0. The number of aliphatic hydroxyl groups excluding tert-OH is 4. The zero-order valence-electron chi connectivity index (χ0n) is 50.4. The van der Waals surface area contributed by atoms with E-state index >= 15 is 0 Å². The summed E-state index contributed by atoms with van der Waals surface area (Å²) in [5.41, 5.74) is -0.537. The van der Waals surface area contributed by atoms with Crippen LogP contribution in [-0.4, -0.2) is 209 Å². The molecule has 0 aromatic carbocycles. The van der Waals surface area contributed by atoms with E-state index in [2.05, 4.69) is 78.3 Å². The van der Waals surface area contributed by atoms with Crippen molar-refractivity contribution in [2.75, 3.05) is 135 Å². The van der Waals surface area contributed by atoms with Gasteiger partial charge < -0.3 is 74.3 Å². The third-order valence-corrected chi connectivity index (χ3v) is 14.3. The molecule has 0 rings (SSSR count). The number of hydrogen-bond donors (Lipinski definition) is 7. The molecule has 0 saturated carbocycles. The molecule has 0 aromatic rings. The van der Waals surface area contributed by atoms with Gasteiger partial charge in [-0.1, -0.05) is 69.7 Å². The number of aliphatic hydroxyl groups is 4. The lowest BCUT2D eigenvalue weighted by Gasteiger charge is -2.31. The number of ether oxygens (including phenoxy) is 8. The average molecular weight is 1170 g/mol. The van der Waals surface area contributed by atoms with Crippen LogP contribution < -0.4 is 16.0 Å². The Morgan fingerprint density at radius 3 is 1.29 bits per heavy atom. The van der Waals surface area contributed by atoms with Crippen LogP contribution in [0.25, 0.3) is 0 Å². The number of amides is 2. The third-order valence-electron chi connectivity index (χ3n) is 12.2. The fourth-order valence-corrected chi connectivity index (χ4v) is 8.98. The number of unbranched alkanes of at least 4 members (excludes halogenated alkanes) is 2. The molecular formula is C58H115N3O16S2. The van der Waals surface area contributed by atoms with Crippen molar-refractivity contribution in [1.29, 1.82) is 0 Å². The summed E-state index contributed by atoms with van der Waals surface area (Å²) in [4.78, 5) is 49.3. The van der Waals surface area contributed by atoms with Gasteiger partial charge in [0.15, 0.2) is 0 Å². The Morgan fingerprint density at radius 2 is 0.911 bits per heavy atom. The van der Waals surface area contributed by atoms with E-state index < -0.39 is 24.4 Å². The molecule has 0 radical (unpaired) electrons. The molecule has 79 heavy (non-hydrogen) atoms. The summed E-state index contributed by atoms with van der Waals surface area (Å²) >= 11 is 3.38. The maximum Gasteiger partial charge on any atom is 0.305 e. The topological polar surface area (TPSA) is 259 Å². The highest BCUT2D eigenvalue weighted by Gasteiger charge is 2.27. The van der Waals surface area contributed by atoms with Crippen molar-refractivity contribution in [1.82, 2.24) is 16.0 Å². The van der Waals surface area contributed by atoms with Crippen molar-refractivity contribution in [2.24, 2.45) is 28.1 Å². The Kier molecular flexibility index (Phi) is 46.6. The van der Waals surface area contributed by atoms with Gasteiger partial charge in [-0.25, -0.2) is 0 Å². The first-order chi connectivity index (χ1) is 36.6. The van der Waals surface area contributed by atoms with Crippen LogP contribution in [0.1, 0.15) is 155 Å². The maximum absolute atomic E-state index is 12.4. The Morgan fingerprint density at radius 1 is 0.494 bits per heavy atom. The van der Waals surface area contributed by atoms with Gasteiger partial charge >= 0.3 is 11.9 Å². The van der Waals surface area contributed by atoms with Gasteiger partial charge in [0.05, 0.1) is 91.5 Å². The first-order valence-corrected chi connectivity index (χ1v) is 30.8. The van der Waals surface area contributed by atoms with Crippen LogP contribution in [0, 0.1) is 28.1 Å². The molecule has 7 N–H and O–H groups in total. The molecule has 0 saturated heterocycles. The molecule has 0 bridgehead atoms. The summed E-state index contributed by atoms with van der Waals surface area (Å²) in [5, 5.41) is 48.9. The summed E-state index contributed by atoms with van der Waals surface area (Å²) in [5.74, 6) is 2.85. The van der Waals surface area contributed by atoms with Crippen LogP contribution in [0.15, 0.2) is 0 Å². The Bertz CT molecular complexity index is 1530. The summed E-state index contributed by atoms with van der Waals surface area (Å²) < 4.78 is 45.2. The molecule has 0 spiro atoms. The van der Waals surface area contributed by atoms with Crippen LogP contribution in [-0.2, 0) is 57.1 Å². The van der Waals surface area contributed by atoms with Crippen molar-refractivity contribution in [3.8, 4) is 0 Å². The van der Waals surface area contributed by atoms with E-state index in [0.717, 1.165) is 24.3 Å². The summed E-state index contributed by atoms with van der Waals surface area (Å²) in [6.45, 7) is 29.0. The second-order valence-electron chi connectivity index (χ2n) is 24.4. The average Bonchev–Trinajstić information content (AvgIpc) is 3.34. The van der Waals surface area contributed by atoms with Gasteiger partial charge in [-0.2, -0.15) is 23.5 Å². The van der Waals surface area contributed by atoms with Gasteiger partial charge in [0.1, 0.15) is 24.4 Å². The zero-order valence-corrected chi connectivity index (χ0v) is 52.0. The molecule has 0 heterocycles. The number of esters is 2. The van der Waals surface area contributed by atoms with Crippen molar-refractivity contribution < 1.29 is 77.5 Å². The molecule has 0 aliphatic heterocycles. The number of rotatable bonds is 49. The molecule has 0 aliphatic rings. The molecule has 6 atom stereocenters. The van der Waals surface area contributed by atoms with E-state index in [1.807, 2.05) is 20.8 Å². The Labute approximate surface area is 486 Å². The standard InChI is InChI=1S/C57H111N3O16S2.CH4/c1-54(2,3)43-71-41-48(33-61)74-39-46(63)37-69-35-44(55(4,5)6)19-27-72-52(67)17-13-15-29-77-31-21-50(65)59-25-23-58-24-26-60-51(66)22-32-78-30-16-14-18-53(68)73-28-20-45(56(7,8)9)36-70-38-47(64)40-75-49(34-62)42-76-57(10,11)12;/h44-49,58,61-64H,13-43H2,1-12H3,(H,59,65)(H,60,66);1H4. The molecule has 0 aromatic heterocycles. The van der Waals surface area contributed by atoms with Gasteiger partial charge in [-0.05, 0) is 98.9 Å². The number of carbonyl (C=O) groups is 4. The van der Waals surface area contributed by atoms with E-state index in [-0.39, 0.29) is 118 Å².